The first-order chi connectivity index (χ1) is 11.3. The summed E-state index contributed by atoms with van der Waals surface area (Å²) in [5.41, 5.74) is 0.0796. The number of nitrogens with zero attached hydrogens (tertiary/aromatic N) is 1. The van der Waals surface area contributed by atoms with E-state index in [0.717, 1.165) is 6.07 Å². The van der Waals surface area contributed by atoms with Crippen LogP contribution in [0.25, 0.3) is 0 Å². The molecule has 1 aliphatic rings. The maximum Gasteiger partial charge on any atom is 0.326 e. The van der Waals surface area contributed by atoms with Crippen molar-refractivity contribution in [3.8, 4) is 0 Å². The maximum absolute atomic E-state index is 14.1. The summed E-state index contributed by atoms with van der Waals surface area (Å²) in [5, 5.41) is 11.6. The third-order valence-electron chi connectivity index (χ3n) is 3.88. The average molecular weight is 336 g/mol. The SMILES string of the molecule is CC(C)CC(=O)Nc1ccc(C(=O)N2CCC[C@H]2C(=O)O)cc1F. The lowest BCUT2D eigenvalue weighted by atomic mass is 10.1. The molecular weight excluding hydrogens is 315 g/mol. The van der Waals surface area contributed by atoms with Gasteiger partial charge in [-0.2, -0.15) is 0 Å². The molecule has 1 heterocycles. The van der Waals surface area contributed by atoms with E-state index in [-0.39, 0.29) is 29.5 Å². The zero-order chi connectivity index (χ0) is 17.9. The number of likely N-dealkylation sites (tertiary alicyclic amines) is 1. The van der Waals surface area contributed by atoms with Gasteiger partial charge in [-0.15, -0.1) is 0 Å². The van der Waals surface area contributed by atoms with Gasteiger partial charge in [-0.25, -0.2) is 9.18 Å². The first kappa shape index (κ1) is 17.9. The third kappa shape index (κ3) is 4.10. The molecule has 0 spiro atoms. The van der Waals surface area contributed by atoms with Crippen molar-refractivity contribution in [3.63, 3.8) is 0 Å². The van der Waals surface area contributed by atoms with Crippen molar-refractivity contribution in [3.05, 3.63) is 29.6 Å². The Labute approximate surface area is 139 Å². The van der Waals surface area contributed by atoms with Crippen LogP contribution in [-0.4, -0.2) is 40.4 Å². The zero-order valence-corrected chi connectivity index (χ0v) is 13.7. The first-order valence-corrected chi connectivity index (χ1v) is 7.92. The van der Waals surface area contributed by atoms with Gasteiger partial charge in [0, 0.05) is 18.5 Å². The van der Waals surface area contributed by atoms with Crippen LogP contribution < -0.4 is 5.32 Å². The lowest BCUT2D eigenvalue weighted by molar-refractivity contribution is -0.141. The topological polar surface area (TPSA) is 86.7 Å². The number of halogens is 1. The summed E-state index contributed by atoms with van der Waals surface area (Å²) < 4.78 is 14.1. The van der Waals surface area contributed by atoms with Crippen molar-refractivity contribution in [2.24, 2.45) is 5.92 Å². The number of carboxylic acid groups (broad SMARTS) is 1. The van der Waals surface area contributed by atoms with E-state index in [1.165, 1.54) is 17.0 Å². The number of benzene rings is 1. The molecule has 0 unspecified atom stereocenters. The smallest absolute Gasteiger partial charge is 0.326 e. The molecule has 1 atom stereocenters. The third-order valence-corrected chi connectivity index (χ3v) is 3.88. The Kier molecular flexibility index (Phi) is 5.54. The predicted molar refractivity (Wildman–Crippen MR) is 86.2 cm³/mol. The normalized spacial score (nSPS) is 17.2. The van der Waals surface area contributed by atoms with Crippen molar-refractivity contribution >= 4 is 23.5 Å². The van der Waals surface area contributed by atoms with Crippen LogP contribution in [0.15, 0.2) is 18.2 Å². The Hall–Kier alpha value is -2.44. The van der Waals surface area contributed by atoms with Crippen LogP contribution >= 0.6 is 0 Å². The molecule has 7 heteroatoms. The van der Waals surface area contributed by atoms with E-state index in [2.05, 4.69) is 5.32 Å². The van der Waals surface area contributed by atoms with Crippen molar-refractivity contribution in [2.45, 2.75) is 39.2 Å². The second kappa shape index (κ2) is 7.42. The molecule has 1 aliphatic heterocycles. The fourth-order valence-electron chi connectivity index (χ4n) is 2.75. The van der Waals surface area contributed by atoms with Gasteiger partial charge in [0.15, 0.2) is 0 Å². The van der Waals surface area contributed by atoms with Gasteiger partial charge in [0.2, 0.25) is 5.91 Å². The molecule has 24 heavy (non-hydrogen) atoms. The number of aliphatic carboxylic acids is 1. The summed E-state index contributed by atoms with van der Waals surface area (Å²) >= 11 is 0. The lowest BCUT2D eigenvalue weighted by Gasteiger charge is -2.21. The Bertz CT molecular complexity index is 660. The van der Waals surface area contributed by atoms with E-state index >= 15 is 0 Å². The van der Waals surface area contributed by atoms with E-state index in [0.29, 0.717) is 19.4 Å². The Balaban J connectivity index is 2.12. The van der Waals surface area contributed by atoms with Gasteiger partial charge in [0.25, 0.3) is 5.91 Å². The van der Waals surface area contributed by atoms with E-state index in [1.807, 2.05) is 13.8 Å². The van der Waals surface area contributed by atoms with Crippen molar-refractivity contribution in [2.75, 3.05) is 11.9 Å². The molecule has 1 fully saturated rings. The van der Waals surface area contributed by atoms with Crippen LogP contribution in [0.4, 0.5) is 10.1 Å². The molecule has 0 aliphatic carbocycles. The minimum Gasteiger partial charge on any atom is -0.480 e. The van der Waals surface area contributed by atoms with Gasteiger partial charge in [-0.1, -0.05) is 13.8 Å². The van der Waals surface area contributed by atoms with Crippen LogP contribution in [-0.2, 0) is 9.59 Å². The van der Waals surface area contributed by atoms with E-state index < -0.39 is 23.7 Å². The summed E-state index contributed by atoms with van der Waals surface area (Å²) in [4.78, 5) is 36.5. The van der Waals surface area contributed by atoms with E-state index in [4.69, 9.17) is 5.11 Å². The number of hydrogen-bond acceptors (Lipinski definition) is 3. The second-order valence-electron chi connectivity index (χ2n) is 6.34. The van der Waals surface area contributed by atoms with E-state index in [1.54, 1.807) is 0 Å². The highest BCUT2D eigenvalue weighted by Crippen LogP contribution is 2.23. The largest absolute Gasteiger partial charge is 0.480 e. The van der Waals surface area contributed by atoms with Gasteiger partial charge in [-0.05, 0) is 37.0 Å². The van der Waals surface area contributed by atoms with Crippen molar-refractivity contribution in [1.82, 2.24) is 4.90 Å². The van der Waals surface area contributed by atoms with Crippen LogP contribution in [0.5, 0.6) is 0 Å². The van der Waals surface area contributed by atoms with Crippen LogP contribution in [0, 0.1) is 11.7 Å². The quantitative estimate of drug-likeness (QED) is 0.865. The molecule has 1 aromatic rings. The fraction of sp³-hybridized carbons (Fsp3) is 0.471. The maximum atomic E-state index is 14.1. The highest BCUT2D eigenvalue weighted by atomic mass is 19.1. The molecule has 0 bridgehead atoms. The summed E-state index contributed by atoms with van der Waals surface area (Å²) in [6.07, 6.45) is 1.27. The van der Waals surface area contributed by atoms with Crippen LogP contribution in [0.1, 0.15) is 43.5 Å². The zero-order valence-electron chi connectivity index (χ0n) is 13.7. The molecular formula is C17H21FN2O4. The van der Waals surface area contributed by atoms with Gasteiger partial charge >= 0.3 is 5.97 Å². The number of amides is 2. The Morgan fingerprint density at radius 2 is 2.08 bits per heavy atom. The Morgan fingerprint density at radius 3 is 2.67 bits per heavy atom. The summed E-state index contributed by atoms with van der Waals surface area (Å²) in [5.74, 6) is -2.44. The highest BCUT2D eigenvalue weighted by Gasteiger charge is 2.34. The molecule has 130 valence electrons. The Morgan fingerprint density at radius 1 is 1.38 bits per heavy atom. The summed E-state index contributed by atoms with van der Waals surface area (Å²) in [6.45, 7) is 4.10. The molecule has 1 saturated heterocycles. The molecule has 1 aromatic carbocycles. The average Bonchev–Trinajstić information content (AvgIpc) is 2.97. The molecule has 0 saturated carbocycles. The minimum atomic E-state index is -1.06. The number of nitrogens with one attached hydrogen (secondary N) is 1. The first-order valence-electron chi connectivity index (χ1n) is 7.92. The number of carbonyl (C=O) groups is 3. The van der Waals surface area contributed by atoms with Gasteiger partial charge in [0.1, 0.15) is 11.9 Å². The van der Waals surface area contributed by atoms with Gasteiger partial charge < -0.3 is 15.3 Å². The fourth-order valence-corrected chi connectivity index (χ4v) is 2.75. The predicted octanol–water partition coefficient (Wildman–Crippen LogP) is 2.50. The number of carboxylic acids is 1. The highest BCUT2D eigenvalue weighted by molar-refractivity contribution is 5.98. The van der Waals surface area contributed by atoms with Crippen LogP contribution in [0.2, 0.25) is 0 Å². The lowest BCUT2D eigenvalue weighted by Crippen LogP contribution is -2.40. The monoisotopic (exact) mass is 336 g/mol. The molecule has 2 amide bonds. The number of rotatable bonds is 5. The summed E-state index contributed by atoms with van der Waals surface area (Å²) in [6, 6.07) is 2.89. The number of carbonyl (C=O) groups excluding carboxylic acids is 2. The van der Waals surface area contributed by atoms with Gasteiger partial charge in [-0.3, -0.25) is 9.59 Å². The minimum absolute atomic E-state index is 0.00778. The molecule has 2 N–H and O–H groups in total. The second-order valence-corrected chi connectivity index (χ2v) is 6.34. The van der Waals surface area contributed by atoms with Gasteiger partial charge in [0.05, 0.1) is 5.69 Å². The molecule has 2 rings (SSSR count). The molecule has 0 radical (unpaired) electrons. The number of hydrogen-bond donors (Lipinski definition) is 2. The summed E-state index contributed by atoms with van der Waals surface area (Å²) in [7, 11) is 0. The molecule has 6 nitrogen and oxygen atoms in total. The van der Waals surface area contributed by atoms with E-state index in [9.17, 15) is 18.8 Å². The van der Waals surface area contributed by atoms with Crippen LogP contribution in [0.3, 0.4) is 0 Å². The van der Waals surface area contributed by atoms with Crippen molar-refractivity contribution < 1.29 is 23.9 Å². The molecule has 0 aromatic heterocycles. The standard InChI is InChI=1S/C17H21FN2O4/c1-10(2)8-15(21)19-13-6-5-11(9-12(13)18)16(22)20-7-3-4-14(20)17(23)24/h5-6,9-10,14H,3-4,7-8H2,1-2H3,(H,19,21)(H,23,24)/t14-/m0/s1. The number of anilines is 1. The van der Waals surface area contributed by atoms with Crippen molar-refractivity contribution in [1.29, 1.82) is 0 Å².